The van der Waals surface area contributed by atoms with Gasteiger partial charge in [0, 0.05) is 44.1 Å². The zero-order valence-corrected chi connectivity index (χ0v) is 14.7. The van der Waals surface area contributed by atoms with Crippen LogP contribution in [0, 0.1) is 6.92 Å². The molecule has 0 aliphatic carbocycles. The number of hydrogen-bond acceptors (Lipinski definition) is 6. The van der Waals surface area contributed by atoms with Gasteiger partial charge in [-0.2, -0.15) is 0 Å². The second kappa shape index (κ2) is 7.38. The number of carbonyl (C=O) groups is 1. The van der Waals surface area contributed by atoms with E-state index in [1.165, 1.54) is 0 Å². The van der Waals surface area contributed by atoms with Crippen LogP contribution < -0.4 is 14.4 Å². The number of benzene rings is 1. The second-order valence-corrected chi connectivity index (χ2v) is 5.85. The van der Waals surface area contributed by atoms with Crippen LogP contribution in [0.1, 0.15) is 15.9 Å². The molecule has 1 saturated heterocycles. The van der Waals surface area contributed by atoms with Gasteiger partial charge in [0.05, 0.1) is 14.2 Å². The Morgan fingerprint density at radius 1 is 1.00 bits per heavy atom. The standard InChI is InChI=1S/C18H22N4O3/c1-13-11-15(24-2)16(25-3)12-14(13)17(23)21-7-9-22(10-8-21)18-19-5-4-6-20-18/h4-6,11-12H,7-10H2,1-3H3. The molecule has 0 spiro atoms. The van der Waals surface area contributed by atoms with E-state index >= 15 is 0 Å². The monoisotopic (exact) mass is 342 g/mol. The fourth-order valence-electron chi connectivity index (χ4n) is 2.95. The summed E-state index contributed by atoms with van der Waals surface area (Å²) >= 11 is 0. The first-order chi connectivity index (χ1) is 12.1. The number of hydrogen-bond donors (Lipinski definition) is 0. The zero-order chi connectivity index (χ0) is 17.8. The van der Waals surface area contributed by atoms with E-state index in [0.717, 1.165) is 5.56 Å². The summed E-state index contributed by atoms with van der Waals surface area (Å²) in [6.07, 6.45) is 3.46. The number of anilines is 1. The lowest BCUT2D eigenvalue weighted by Crippen LogP contribution is -2.49. The highest BCUT2D eigenvalue weighted by atomic mass is 16.5. The topological polar surface area (TPSA) is 67.8 Å². The van der Waals surface area contributed by atoms with Crippen molar-refractivity contribution in [2.24, 2.45) is 0 Å². The molecule has 0 saturated carbocycles. The Morgan fingerprint density at radius 3 is 2.20 bits per heavy atom. The summed E-state index contributed by atoms with van der Waals surface area (Å²) in [5.41, 5.74) is 1.51. The number of piperazine rings is 1. The van der Waals surface area contributed by atoms with Crippen LogP contribution in [-0.2, 0) is 0 Å². The summed E-state index contributed by atoms with van der Waals surface area (Å²) in [7, 11) is 3.16. The number of methoxy groups -OCH3 is 2. The summed E-state index contributed by atoms with van der Waals surface area (Å²) in [5.74, 6) is 1.90. The van der Waals surface area contributed by atoms with E-state index in [2.05, 4.69) is 14.9 Å². The molecule has 7 nitrogen and oxygen atoms in total. The molecule has 132 valence electrons. The van der Waals surface area contributed by atoms with Crippen molar-refractivity contribution in [2.75, 3.05) is 45.3 Å². The third kappa shape index (κ3) is 3.50. The number of ether oxygens (including phenoxy) is 2. The van der Waals surface area contributed by atoms with Crippen molar-refractivity contribution in [3.63, 3.8) is 0 Å². The molecule has 7 heteroatoms. The smallest absolute Gasteiger partial charge is 0.254 e. The Labute approximate surface area is 147 Å². The number of aromatic nitrogens is 2. The van der Waals surface area contributed by atoms with Gasteiger partial charge in [0.25, 0.3) is 5.91 Å². The van der Waals surface area contributed by atoms with Crippen molar-refractivity contribution in [2.45, 2.75) is 6.92 Å². The van der Waals surface area contributed by atoms with Gasteiger partial charge in [-0.3, -0.25) is 4.79 Å². The van der Waals surface area contributed by atoms with Crippen LogP contribution in [0.15, 0.2) is 30.6 Å². The molecular weight excluding hydrogens is 320 g/mol. The van der Waals surface area contributed by atoms with E-state index in [-0.39, 0.29) is 5.91 Å². The molecule has 0 unspecified atom stereocenters. The van der Waals surface area contributed by atoms with Gasteiger partial charge < -0.3 is 19.3 Å². The van der Waals surface area contributed by atoms with Crippen LogP contribution in [0.3, 0.4) is 0 Å². The second-order valence-electron chi connectivity index (χ2n) is 5.85. The fourth-order valence-corrected chi connectivity index (χ4v) is 2.95. The van der Waals surface area contributed by atoms with Crippen molar-refractivity contribution in [3.8, 4) is 11.5 Å². The van der Waals surface area contributed by atoms with Crippen molar-refractivity contribution in [3.05, 3.63) is 41.7 Å². The number of amides is 1. The summed E-state index contributed by atoms with van der Waals surface area (Å²) in [6.45, 7) is 4.59. The van der Waals surface area contributed by atoms with Gasteiger partial charge in [0.15, 0.2) is 11.5 Å². The fraction of sp³-hybridized carbons (Fsp3) is 0.389. The summed E-state index contributed by atoms with van der Waals surface area (Å²) < 4.78 is 10.6. The zero-order valence-electron chi connectivity index (χ0n) is 14.7. The van der Waals surface area contributed by atoms with Gasteiger partial charge in [-0.05, 0) is 30.7 Å². The first-order valence-electron chi connectivity index (χ1n) is 8.18. The molecule has 3 rings (SSSR count). The van der Waals surface area contributed by atoms with E-state index in [4.69, 9.17) is 9.47 Å². The Hall–Kier alpha value is -2.83. The predicted molar refractivity (Wildman–Crippen MR) is 94.4 cm³/mol. The number of rotatable bonds is 4. The first kappa shape index (κ1) is 17.0. The van der Waals surface area contributed by atoms with Crippen LogP contribution >= 0.6 is 0 Å². The van der Waals surface area contributed by atoms with Crippen molar-refractivity contribution in [1.82, 2.24) is 14.9 Å². The first-order valence-corrected chi connectivity index (χ1v) is 8.18. The highest BCUT2D eigenvalue weighted by molar-refractivity contribution is 5.96. The SMILES string of the molecule is COc1cc(C)c(C(=O)N2CCN(c3ncccn3)CC2)cc1OC. The molecule has 0 bridgehead atoms. The van der Waals surface area contributed by atoms with Crippen molar-refractivity contribution >= 4 is 11.9 Å². The number of nitrogens with zero attached hydrogens (tertiary/aromatic N) is 4. The van der Waals surface area contributed by atoms with E-state index in [1.807, 2.05) is 17.9 Å². The third-order valence-corrected chi connectivity index (χ3v) is 4.36. The van der Waals surface area contributed by atoms with Crippen LogP contribution in [0.4, 0.5) is 5.95 Å². The lowest BCUT2D eigenvalue weighted by Gasteiger charge is -2.35. The molecule has 25 heavy (non-hydrogen) atoms. The lowest BCUT2D eigenvalue weighted by molar-refractivity contribution is 0.0745. The molecule has 1 amide bonds. The van der Waals surface area contributed by atoms with Crippen molar-refractivity contribution < 1.29 is 14.3 Å². The van der Waals surface area contributed by atoms with Crippen LogP contribution in [0.2, 0.25) is 0 Å². The van der Waals surface area contributed by atoms with Crippen LogP contribution in [0.5, 0.6) is 11.5 Å². The Kier molecular flexibility index (Phi) is 5.02. The maximum atomic E-state index is 12.9. The van der Waals surface area contributed by atoms with Gasteiger partial charge in [-0.1, -0.05) is 0 Å². The van der Waals surface area contributed by atoms with E-state index < -0.39 is 0 Å². The average Bonchev–Trinajstić information content (AvgIpc) is 2.68. The van der Waals surface area contributed by atoms with Gasteiger partial charge in [-0.25, -0.2) is 9.97 Å². The minimum atomic E-state index is 0.00656. The summed E-state index contributed by atoms with van der Waals surface area (Å²) in [6, 6.07) is 5.38. The van der Waals surface area contributed by atoms with Gasteiger partial charge in [-0.15, -0.1) is 0 Å². The molecule has 1 aliphatic rings. The molecule has 1 aliphatic heterocycles. The maximum Gasteiger partial charge on any atom is 0.254 e. The predicted octanol–water partition coefficient (Wildman–Crippen LogP) is 1.76. The molecule has 2 heterocycles. The van der Waals surface area contributed by atoms with Crippen LogP contribution in [0.25, 0.3) is 0 Å². The van der Waals surface area contributed by atoms with E-state index in [9.17, 15) is 4.79 Å². The van der Waals surface area contributed by atoms with Gasteiger partial charge in [0.2, 0.25) is 5.95 Å². The highest BCUT2D eigenvalue weighted by Gasteiger charge is 2.25. The van der Waals surface area contributed by atoms with E-state index in [1.54, 1.807) is 38.7 Å². The third-order valence-electron chi connectivity index (χ3n) is 4.36. The lowest BCUT2D eigenvalue weighted by atomic mass is 10.1. The molecule has 1 fully saturated rings. The van der Waals surface area contributed by atoms with Gasteiger partial charge in [0.1, 0.15) is 0 Å². The molecular formula is C18H22N4O3. The van der Waals surface area contributed by atoms with Crippen LogP contribution in [-0.4, -0.2) is 61.2 Å². The average molecular weight is 342 g/mol. The normalized spacial score (nSPS) is 14.4. The molecule has 0 N–H and O–H groups in total. The number of aryl methyl sites for hydroxylation is 1. The molecule has 1 aromatic heterocycles. The summed E-state index contributed by atoms with van der Waals surface area (Å²) in [5, 5.41) is 0. The minimum Gasteiger partial charge on any atom is -0.493 e. The molecule has 1 aromatic carbocycles. The molecule has 0 radical (unpaired) electrons. The Balaban J connectivity index is 1.73. The van der Waals surface area contributed by atoms with Crippen molar-refractivity contribution in [1.29, 1.82) is 0 Å². The number of carbonyl (C=O) groups excluding carboxylic acids is 1. The Morgan fingerprint density at radius 2 is 1.60 bits per heavy atom. The Bertz CT molecular complexity index is 743. The summed E-state index contributed by atoms with van der Waals surface area (Å²) in [4.78, 5) is 25.4. The molecule has 0 atom stereocenters. The minimum absolute atomic E-state index is 0.00656. The van der Waals surface area contributed by atoms with E-state index in [0.29, 0.717) is 49.2 Å². The molecule has 2 aromatic rings. The maximum absolute atomic E-state index is 12.9. The highest BCUT2D eigenvalue weighted by Crippen LogP contribution is 2.31. The largest absolute Gasteiger partial charge is 0.493 e. The van der Waals surface area contributed by atoms with Gasteiger partial charge >= 0.3 is 0 Å². The quantitative estimate of drug-likeness (QED) is 0.843.